The summed E-state index contributed by atoms with van der Waals surface area (Å²) >= 11 is 19.3. The van der Waals surface area contributed by atoms with Crippen molar-refractivity contribution in [1.29, 1.82) is 0 Å². The van der Waals surface area contributed by atoms with Crippen LogP contribution < -0.4 is 5.32 Å². The van der Waals surface area contributed by atoms with E-state index in [-0.39, 0.29) is 23.3 Å². The summed E-state index contributed by atoms with van der Waals surface area (Å²) < 4.78 is 0. The summed E-state index contributed by atoms with van der Waals surface area (Å²) in [6.07, 6.45) is -0.00257. The van der Waals surface area contributed by atoms with E-state index < -0.39 is 5.25 Å². The van der Waals surface area contributed by atoms with Gasteiger partial charge in [0.1, 0.15) is 5.25 Å². The zero-order valence-electron chi connectivity index (χ0n) is 14.8. The third kappa shape index (κ3) is 4.81. The molecular weight excluding hydrogens is 441 g/mol. The fraction of sp³-hybridized carbons (Fsp3) is 0.211. The van der Waals surface area contributed by atoms with E-state index in [9.17, 15) is 9.59 Å². The van der Waals surface area contributed by atoms with Crippen LogP contribution in [0.25, 0.3) is 0 Å². The average molecular weight is 457 g/mol. The Morgan fingerprint density at radius 2 is 1.96 bits per heavy atom. The predicted octanol–water partition coefficient (Wildman–Crippen LogP) is 5.63. The number of rotatable bonds is 5. The smallest absolute Gasteiger partial charge is 0.242 e. The number of thioether (sulfide) groups is 1. The lowest BCUT2D eigenvalue weighted by molar-refractivity contribution is -0.128. The van der Waals surface area contributed by atoms with Crippen molar-refractivity contribution in [2.75, 3.05) is 11.9 Å². The first-order chi connectivity index (χ1) is 13.4. The molecule has 0 saturated carbocycles. The van der Waals surface area contributed by atoms with Gasteiger partial charge in [-0.3, -0.25) is 14.5 Å². The molecule has 1 N–H and O–H groups in total. The van der Waals surface area contributed by atoms with Crippen molar-refractivity contribution in [2.24, 2.45) is 4.99 Å². The number of hydrogen-bond acceptors (Lipinski definition) is 4. The molecule has 0 aliphatic carbocycles. The van der Waals surface area contributed by atoms with Crippen LogP contribution in [0.1, 0.15) is 13.3 Å². The highest BCUT2D eigenvalue weighted by Crippen LogP contribution is 2.33. The summed E-state index contributed by atoms with van der Waals surface area (Å²) in [6.45, 7) is 2.32. The number of aliphatic imine (C=N–C) groups is 1. The highest BCUT2D eigenvalue weighted by molar-refractivity contribution is 8.15. The molecule has 0 radical (unpaired) electrons. The molecule has 5 nitrogen and oxygen atoms in total. The van der Waals surface area contributed by atoms with E-state index in [2.05, 4.69) is 10.3 Å². The van der Waals surface area contributed by atoms with Crippen LogP contribution >= 0.6 is 46.6 Å². The van der Waals surface area contributed by atoms with Crippen molar-refractivity contribution in [3.63, 3.8) is 0 Å². The van der Waals surface area contributed by atoms with Crippen molar-refractivity contribution in [1.82, 2.24) is 4.90 Å². The van der Waals surface area contributed by atoms with Gasteiger partial charge >= 0.3 is 0 Å². The van der Waals surface area contributed by atoms with Gasteiger partial charge in [0, 0.05) is 18.0 Å². The monoisotopic (exact) mass is 455 g/mol. The fourth-order valence-electron chi connectivity index (χ4n) is 2.64. The minimum atomic E-state index is -0.559. The molecule has 1 atom stereocenters. The molecule has 146 valence electrons. The number of carbonyl (C=O) groups excluding carboxylic acids is 2. The second-order valence-corrected chi connectivity index (χ2v) is 8.31. The first-order valence-corrected chi connectivity index (χ1v) is 10.5. The highest BCUT2D eigenvalue weighted by Gasteiger charge is 2.38. The van der Waals surface area contributed by atoms with Gasteiger partial charge in [-0.2, -0.15) is 0 Å². The Labute approximate surface area is 182 Å². The normalized spacial score (nSPS) is 18.0. The van der Waals surface area contributed by atoms with Gasteiger partial charge in [0.05, 0.1) is 21.4 Å². The van der Waals surface area contributed by atoms with E-state index >= 15 is 0 Å². The number of amidine groups is 1. The summed E-state index contributed by atoms with van der Waals surface area (Å²) in [5, 5.41) is 3.87. The van der Waals surface area contributed by atoms with Crippen LogP contribution in [-0.2, 0) is 9.59 Å². The molecule has 3 rings (SSSR count). The number of benzene rings is 2. The number of halogens is 3. The molecule has 1 saturated heterocycles. The summed E-state index contributed by atoms with van der Waals surface area (Å²) in [7, 11) is 0. The maximum atomic E-state index is 12.7. The predicted molar refractivity (Wildman–Crippen MR) is 117 cm³/mol. The molecular formula is C19H16Cl3N3O2S. The van der Waals surface area contributed by atoms with Crippen LogP contribution in [0.5, 0.6) is 0 Å². The fourth-order valence-corrected chi connectivity index (χ4v) is 4.40. The molecule has 28 heavy (non-hydrogen) atoms. The minimum absolute atomic E-state index is 0.00257. The molecule has 0 spiro atoms. The van der Waals surface area contributed by atoms with Gasteiger partial charge in [0.25, 0.3) is 0 Å². The SMILES string of the molecule is CCN1C(=O)C(CC(=O)Nc2cccc(Cl)c2Cl)SC1=Nc1cccc(Cl)c1. The number of amides is 2. The zero-order valence-corrected chi connectivity index (χ0v) is 17.9. The molecule has 9 heteroatoms. The molecule has 0 bridgehead atoms. The van der Waals surface area contributed by atoms with E-state index in [0.29, 0.717) is 33.1 Å². The Kier molecular flexibility index (Phi) is 6.88. The lowest BCUT2D eigenvalue weighted by Crippen LogP contribution is -2.33. The molecule has 1 aliphatic heterocycles. The molecule has 0 aromatic heterocycles. The van der Waals surface area contributed by atoms with Gasteiger partial charge in [-0.15, -0.1) is 0 Å². The molecule has 1 fully saturated rings. The number of hydrogen-bond donors (Lipinski definition) is 1. The summed E-state index contributed by atoms with van der Waals surface area (Å²) in [4.78, 5) is 31.2. The average Bonchev–Trinajstić information content (AvgIpc) is 2.93. The maximum absolute atomic E-state index is 12.7. The summed E-state index contributed by atoms with van der Waals surface area (Å²) in [5.41, 5.74) is 1.06. The third-order valence-electron chi connectivity index (χ3n) is 3.97. The maximum Gasteiger partial charge on any atom is 0.242 e. The van der Waals surface area contributed by atoms with Crippen molar-refractivity contribution < 1.29 is 9.59 Å². The van der Waals surface area contributed by atoms with E-state index in [1.54, 1.807) is 47.4 Å². The molecule has 1 aliphatic rings. The lowest BCUT2D eigenvalue weighted by atomic mass is 10.2. The Morgan fingerprint density at radius 1 is 1.21 bits per heavy atom. The van der Waals surface area contributed by atoms with Crippen LogP contribution in [0.2, 0.25) is 15.1 Å². The second-order valence-electron chi connectivity index (χ2n) is 5.92. The Hall–Kier alpha value is -1.73. The van der Waals surface area contributed by atoms with E-state index in [1.807, 2.05) is 6.92 Å². The van der Waals surface area contributed by atoms with Gasteiger partial charge < -0.3 is 5.32 Å². The topological polar surface area (TPSA) is 61.8 Å². The Balaban J connectivity index is 1.73. The Bertz CT molecular complexity index is 952. The van der Waals surface area contributed by atoms with Crippen molar-refractivity contribution in [3.05, 3.63) is 57.5 Å². The largest absolute Gasteiger partial charge is 0.325 e. The third-order valence-corrected chi connectivity index (χ3v) is 6.19. The van der Waals surface area contributed by atoms with Gasteiger partial charge in [0.15, 0.2) is 5.17 Å². The van der Waals surface area contributed by atoms with Crippen LogP contribution in [0.15, 0.2) is 47.5 Å². The molecule has 1 unspecified atom stereocenters. The van der Waals surface area contributed by atoms with E-state index in [1.165, 1.54) is 11.8 Å². The van der Waals surface area contributed by atoms with Gasteiger partial charge in [-0.05, 0) is 37.3 Å². The van der Waals surface area contributed by atoms with E-state index in [4.69, 9.17) is 34.8 Å². The molecule has 1 heterocycles. The summed E-state index contributed by atoms with van der Waals surface area (Å²) in [5.74, 6) is -0.476. The summed E-state index contributed by atoms with van der Waals surface area (Å²) in [6, 6.07) is 12.0. The number of nitrogens with zero attached hydrogens (tertiary/aromatic N) is 2. The number of nitrogens with one attached hydrogen (secondary N) is 1. The van der Waals surface area contributed by atoms with Gasteiger partial charge in [-0.25, -0.2) is 4.99 Å². The molecule has 2 aromatic rings. The zero-order chi connectivity index (χ0) is 20.3. The van der Waals surface area contributed by atoms with Gasteiger partial charge in [0.2, 0.25) is 11.8 Å². The van der Waals surface area contributed by atoms with Crippen LogP contribution in [0.4, 0.5) is 11.4 Å². The highest BCUT2D eigenvalue weighted by atomic mass is 35.5. The lowest BCUT2D eigenvalue weighted by Gasteiger charge is -2.13. The van der Waals surface area contributed by atoms with Crippen molar-refractivity contribution in [2.45, 2.75) is 18.6 Å². The quantitative estimate of drug-likeness (QED) is 0.634. The van der Waals surface area contributed by atoms with Crippen LogP contribution in [-0.4, -0.2) is 33.7 Å². The van der Waals surface area contributed by atoms with E-state index in [0.717, 1.165) is 0 Å². The molecule has 2 amide bonds. The second kappa shape index (κ2) is 9.18. The first-order valence-electron chi connectivity index (χ1n) is 8.45. The standard InChI is InChI=1S/C19H16Cl3N3O2S/c1-2-25-18(27)15(28-19(25)23-12-6-3-5-11(20)9-12)10-16(26)24-14-8-4-7-13(21)17(14)22/h3-9,15H,2,10H2,1H3,(H,24,26). The Morgan fingerprint density at radius 3 is 2.68 bits per heavy atom. The minimum Gasteiger partial charge on any atom is -0.325 e. The van der Waals surface area contributed by atoms with Crippen LogP contribution in [0.3, 0.4) is 0 Å². The number of anilines is 1. The number of carbonyl (C=O) groups is 2. The molecule has 2 aromatic carbocycles. The van der Waals surface area contributed by atoms with Crippen LogP contribution in [0, 0.1) is 0 Å². The van der Waals surface area contributed by atoms with Crippen molar-refractivity contribution >= 4 is 74.9 Å². The first kappa shape index (κ1) is 21.0. The van der Waals surface area contributed by atoms with Crippen molar-refractivity contribution in [3.8, 4) is 0 Å². The van der Waals surface area contributed by atoms with Gasteiger partial charge in [-0.1, -0.05) is 58.7 Å².